The van der Waals surface area contributed by atoms with Gasteiger partial charge in [-0.05, 0) is 12.0 Å². The van der Waals surface area contributed by atoms with Crippen molar-refractivity contribution in [3.63, 3.8) is 0 Å². The molecule has 1 rings (SSSR count). The number of amides is 2. The summed E-state index contributed by atoms with van der Waals surface area (Å²) in [7, 11) is 0. The molecule has 0 radical (unpaired) electrons. The van der Waals surface area contributed by atoms with Gasteiger partial charge in [0.15, 0.2) is 0 Å². The monoisotopic (exact) mass is 263 g/mol. The topological polar surface area (TPSA) is 89.4 Å². The van der Waals surface area contributed by atoms with Crippen LogP contribution >= 0.6 is 0 Å². The molecule has 5 heteroatoms. The minimum absolute atomic E-state index is 0.113. The van der Waals surface area contributed by atoms with Crippen LogP contribution in [0.4, 0.5) is 0 Å². The molecule has 5 nitrogen and oxygen atoms in total. The van der Waals surface area contributed by atoms with E-state index in [2.05, 4.69) is 0 Å². The summed E-state index contributed by atoms with van der Waals surface area (Å²) in [6.07, 6.45) is 1.17. The average Bonchev–Trinajstić information content (AvgIpc) is 2.42. The van der Waals surface area contributed by atoms with Gasteiger partial charge in [0.2, 0.25) is 11.8 Å². The lowest BCUT2D eigenvalue weighted by Crippen LogP contribution is -2.51. The lowest BCUT2D eigenvalue weighted by Gasteiger charge is -2.29. The van der Waals surface area contributed by atoms with E-state index in [1.807, 2.05) is 37.3 Å². The maximum atomic E-state index is 11.8. The summed E-state index contributed by atoms with van der Waals surface area (Å²) < 4.78 is 0. The van der Waals surface area contributed by atoms with Crippen LogP contribution in [0.15, 0.2) is 30.3 Å². The van der Waals surface area contributed by atoms with Crippen molar-refractivity contribution in [2.75, 3.05) is 13.1 Å². The van der Waals surface area contributed by atoms with E-state index in [-0.39, 0.29) is 12.5 Å². The Balaban J connectivity index is 2.91. The number of hydrogen-bond donors (Lipinski definition) is 2. The van der Waals surface area contributed by atoms with Gasteiger partial charge < -0.3 is 16.4 Å². The number of rotatable bonds is 7. The molecule has 0 spiro atoms. The molecule has 0 aliphatic heterocycles. The number of carbonyl (C=O) groups excluding carboxylic acids is 2. The molecule has 0 unspecified atom stereocenters. The Bertz CT molecular complexity index is 420. The highest BCUT2D eigenvalue weighted by Gasteiger charge is 2.26. The van der Waals surface area contributed by atoms with E-state index in [0.717, 1.165) is 12.0 Å². The minimum Gasteiger partial charge on any atom is -0.368 e. The Kier molecular flexibility index (Phi) is 6.02. The number of benzene rings is 1. The van der Waals surface area contributed by atoms with Crippen molar-refractivity contribution in [2.45, 2.75) is 25.8 Å². The molecule has 19 heavy (non-hydrogen) atoms. The van der Waals surface area contributed by atoms with E-state index in [9.17, 15) is 9.59 Å². The number of nitrogens with zero attached hydrogens (tertiary/aromatic N) is 1. The van der Waals surface area contributed by atoms with E-state index >= 15 is 0 Å². The molecule has 2 amide bonds. The summed E-state index contributed by atoms with van der Waals surface area (Å²) in [5, 5.41) is 0. The lowest BCUT2D eigenvalue weighted by atomic mass is 10.0. The van der Waals surface area contributed by atoms with Crippen molar-refractivity contribution in [3.05, 3.63) is 35.9 Å². The summed E-state index contributed by atoms with van der Waals surface area (Å²) >= 11 is 0. The van der Waals surface area contributed by atoms with Crippen LogP contribution in [0.2, 0.25) is 0 Å². The van der Waals surface area contributed by atoms with Crippen molar-refractivity contribution in [1.82, 2.24) is 4.90 Å². The summed E-state index contributed by atoms with van der Waals surface area (Å²) in [6, 6.07) is 8.86. The third-order valence-corrected chi connectivity index (χ3v) is 2.94. The highest BCUT2D eigenvalue weighted by atomic mass is 16.2. The first-order valence-electron chi connectivity index (χ1n) is 6.43. The molecule has 0 saturated carbocycles. The standard InChI is InChI=1S/C14H21N3O2/c1-2-8-17(13(18)10-15)12(14(16)19)9-11-6-4-3-5-7-11/h3-7,12H,2,8-10,15H2,1H3,(H2,16,19)/t12-/m0/s1. The quantitative estimate of drug-likeness (QED) is 0.740. The second-order valence-corrected chi connectivity index (χ2v) is 4.40. The maximum absolute atomic E-state index is 11.8. The maximum Gasteiger partial charge on any atom is 0.240 e. The fourth-order valence-electron chi connectivity index (χ4n) is 2.01. The Morgan fingerprint density at radius 1 is 1.26 bits per heavy atom. The van der Waals surface area contributed by atoms with Gasteiger partial charge in [-0.2, -0.15) is 0 Å². The van der Waals surface area contributed by atoms with Crippen LogP contribution in [0.1, 0.15) is 18.9 Å². The molecule has 0 aliphatic carbocycles. The predicted molar refractivity (Wildman–Crippen MR) is 74.2 cm³/mol. The second-order valence-electron chi connectivity index (χ2n) is 4.40. The van der Waals surface area contributed by atoms with Gasteiger partial charge in [-0.25, -0.2) is 0 Å². The SMILES string of the molecule is CCCN(C(=O)CN)[C@@H](Cc1ccccc1)C(N)=O. The summed E-state index contributed by atoms with van der Waals surface area (Å²) in [5.74, 6) is -0.749. The zero-order valence-electron chi connectivity index (χ0n) is 11.2. The third kappa shape index (κ3) is 4.37. The van der Waals surface area contributed by atoms with E-state index < -0.39 is 11.9 Å². The van der Waals surface area contributed by atoms with Gasteiger partial charge in [0.05, 0.1) is 6.54 Å². The fourth-order valence-corrected chi connectivity index (χ4v) is 2.01. The zero-order chi connectivity index (χ0) is 14.3. The van der Waals surface area contributed by atoms with Gasteiger partial charge in [0.25, 0.3) is 0 Å². The first-order valence-corrected chi connectivity index (χ1v) is 6.43. The van der Waals surface area contributed by atoms with E-state index in [1.54, 1.807) is 0 Å². The zero-order valence-corrected chi connectivity index (χ0v) is 11.2. The molecule has 0 fully saturated rings. The Labute approximate surface area is 113 Å². The van der Waals surface area contributed by atoms with Crippen LogP contribution in [-0.4, -0.2) is 35.8 Å². The molecule has 0 heterocycles. The van der Waals surface area contributed by atoms with E-state index in [0.29, 0.717) is 13.0 Å². The normalized spacial score (nSPS) is 11.9. The molecule has 1 aromatic carbocycles. The molecule has 0 aliphatic rings. The number of nitrogens with two attached hydrogens (primary N) is 2. The predicted octanol–water partition coefficient (Wildman–Crippen LogP) is 0.280. The molecule has 0 saturated heterocycles. The van der Waals surface area contributed by atoms with E-state index in [4.69, 9.17) is 11.5 Å². The molecule has 0 bridgehead atoms. The number of hydrogen-bond acceptors (Lipinski definition) is 3. The van der Waals surface area contributed by atoms with Gasteiger partial charge in [0, 0.05) is 13.0 Å². The van der Waals surface area contributed by atoms with Crippen molar-refractivity contribution in [2.24, 2.45) is 11.5 Å². The summed E-state index contributed by atoms with van der Waals surface area (Å²) in [5.41, 5.74) is 11.8. The van der Waals surface area contributed by atoms with Gasteiger partial charge in [-0.1, -0.05) is 37.3 Å². The lowest BCUT2D eigenvalue weighted by molar-refractivity contribution is -0.138. The van der Waals surface area contributed by atoms with Crippen LogP contribution in [0.5, 0.6) is 0 Å². The summed E-state index contributed by atoms with van der Waals surface area (Å²) in [6.45, 7) is 2.31. The molecule has 0 aromatic heterocycles. The van der Waals surface area contributed by atoms with Gasteiger partial charge in [-0.3, -0.25) is 9.59 Å². The second kappa shape index (κ2) is 7.53. The highest BCUT2D eigenvalue weighted by Crippen LogP contribution is 2.10. The van der Waals surface area contributed by atoms with Gasteiger partial charge in [0.1, 0.15) is 6.04 Å². The first-order chi connectivity index (χ1) is 9.10. The number of carbonyl (C=O) groups is 2. The Morgan fingerprint density at radius 2 is 1.89 bits per heavy atom. The van der Waals surface area contributed by atoms with Crippen molar-refractivity contribution in [3.8, 4) is 0 Å². The number of primary amides is 1. The highest BCUT2D eigenvalue weighted by molar-refractivity contribution is 5.87. The van der Waals surface area contributed by atoms with Crippen LogP contribution in [-0.2, 0) is 16.0 Å². The molecule has 1 atom stereocenters. The largest absolute Gasteiger partial charge is 0.368 e. The van der Waals surface area contributed by atoms with Crippen molar-refractivity contribution >= 4 is 11.8 Å². The summed E-state index contributed by atoms with van der Waals surface area (Å²) in [4.78, 5) is 24.9. The van der Waals surface area contributed by atoms with Crippen molar-refractivity contribution < 1.29 is 9.59 Å². The minimum atomic E-state index is -0.640. The van der Waals surface area contributed by atoms with Gasteiger partial charge in [-0.15, -0.1) is 0 Å². The Hall–Kier alpha value is -1.88. The molecule has 4 N–H and O–H groups in total. The smallest absolute Gasteiger partial charge is 0.240 e. The molecule has 104 valence electrons. The van der Waals surface area contributed by atoms with Crippen LogP contribution in [0, 0.1) is 0 Å². The molecular weight excluding hydrogens is 242 g/mol. The van der Waals surface area contributed by atoms with Crippen LogP contribution in [0.25, 0.3) is 0 Å². The van der Waals surface area contributed by atoms with Crippen LogP contribution < -0.4 is 11.5 Å². The molecule has 1 aromatic rings. The van der Waals surface area contributed by atoms with Gasteiger partial charge >= 0.3 is 0 Å². The first kappa shape index (κ1) is 15.2. The average molecular weight is 263 g/mol. The van der Waals surface area contributed by atoms with Crippen LogP contribution in [0.3, 0.4) is 0 Å². The van der Waals surface area contributed by atoms with E-state index in [1.165, 1.54) is 4.90 Å². The molecular formula is C14H21N3O2. The third-order valence-electron chi connectivity index (χ3n) is 2.94. The van der Waals surface area contributed by atoms with Crippen molar-refractivity contribution in [1.29, 1.82) is 0 Å². The Morgan fingerprint density at radius 3 is 2.37 bits per heavy atom. The fraction of sp³-hybridized carbons (Fsp3) is 0.429.